The molecule has 0 aliphatic rings. The maximum absolute atomic E-state index is 13.8. The number of methoxy groups -OCH3 is 2. The summed E-state index contributed by atoms with van der Waals surface area (Å²) in [5, 5.41) is 10.1. The lowest BCUT2D eigenvalue weighted by atomic mass is 10.2. The van der Waals surface area contributed by atoms with Gasteiger partial charge in [0, 0.05) is 47.1 Å². The molecule has 0 aliphatic heterocycles. The molecule has 0 spiro atoms. The summed E-state index contributed by atoms with van der Waals surface area (Å²) in [5.74, 6) is -2.09. The van der Waals surface area contributed by atoms with Crippen LogP contribution >= 0.6 is 22.7 Å². The zero-order valence-corrected chi connectivity index (χ0v) is 27.6. The molecule has 18 heteroatoms. The van der Waals surface area contributed by atoms with Crippen LogP contribution in [-0.2, 0) is 32.4 Å². The second-order valence-corrected chi connectivity index (χ2v) is 11.1. The van der Waals surface area contributed by atoms with Crippen LogP contribution in [0.15, 0.2) is 69.3 Å². The second-order valence-electron chi connectivity index (χ2n) is 9.46. The molecule has 0 aliphatic carbocycles. The molecule has 48 heavy (non-hydrogen) atoms. The summed E-state index contributed by atoms with van der Waals surface area (Å²) in [6.45, 7) is 3.68. The highest BCUT2D eigenvalue weighted by atomic mass is 32.1. The third-order valence-corrected chi connectivity index (χ3v) is 7.56. The Labute approximate surface area is 281 Å². The van der Waals surface area contributed by atoms with Crippen LogP contribution in [0.1, 0.15) is 22.5 Å². The number of aryl methyl sites for hydroxylation is 2. The average Bonchev–Trinajstić information content (AvgIpc) is 3.68. The molecule has 4 aromatic rings. The van der Waals surface area contributed by atoms with Gasteiger partial charge < -0.3 is 29.8 Å². The van der Waals surface area contributed by atoms with Crippen LogP contribution in [0, 0.1) is 25.5 Å². The summed E-state index contributed by atoms with van der Waals surface area (Å²) in [5.41, 5.74) is 7.17. The maximum atomic E-state index is 13.8. The van der Waals surface area contributed by atoms with Gasteiger partial charge in [0.1, 0.15) is 23.1 Å². The number of aromatic nitrogens is 2. The van der Waals surface area contributed by atoms with Crippen molar-refractivity contribution >= 4 is 56.8 Å². The largest absolute Gasteiger partial charge is 0.496 e. The number of hydrogen-bond acceptors (Lipinski definition) is 12. The number of carbonyl (C=O) groups excluding carboxylic acids is 2. The Morgan fingerprint density at radius 1 is 0.750 bits per heavy atom. The number of benzene rings is 2. The molecule has 0 saturated carbocycles. The van der Waals surface area contributed by atoms with Crippen molar-refractivity contribution in [2.24, 2.45) is 9.98 Å². The highest BCUT2D eigenvalue weighted by molar-refractivity contribution is 7.13. The molecule has 2 heterocycles. The van der Waals surface area contributed by atoms with Gasteiger partial charge in [-0.05, 0) is 50.2 Å². The topological polar surface area (TPSA) is 170 Å². The fourth-order valence-corrected chi connectivity index (χ4v) is 5.04. The first-order chi connectivity index (χ1) is 23.1. The fourth-order valence-electron chi connectivity index (χ4n) is 3.70. The molecule has 2 aromatic heterocycles. The molecule has 0 unspecified atom stereocenters. The molecule has 252 valence electrons. The van der Waals surface area contributed by atoms with Crippen LogP contribution in [0.5, 0.6) is 11.5 Å². The Kier molecular flexibility index (Phi) is 12.7. The van der Waals surface area contributed by atoms with Crippen molar-refractivity contribution in [3.63, 3.8) is 0 Å². The lowest BCUT2D eigenvalue weighted by Gasteiger charge is -2.13. The molecule has 14 nitrogen and oxygen atoms in total. The first-order valence-electron chi connectivity index (χ1n) is 13.9. The normalized spacial score (nSPS) is 11.6. The second kappa shape index (κ2) is 17.3. The van der Waals surface area contributed by atoms with E-state index in [0.29, 0.717) is 32.9 Å². The predicted octanol–water partition coefficient (Wildman–Crippen LogP) is 4.42. The van der Waals surface area contributed by atoms with E-state index in [1.165, 1.54) is 73.3 Å². The van der Waals surface area contributed by atoms with Gasteiger partial charge in [0.05, 0.1) is 25.6 Å². The number of aliphatic imine (C=N–C) groups is 2. The third kappa shape index (κ3) is 11.0. The summed E-state index contributed by atoms with van der Waals surface area (Å²) in [6.07, 6.45) is 1.62. The number of ether oxygens (including phenoxy) is 2. The van der Waals surface area contributed by atoms with E-state index in [1.807, 2.05) is 0 Å². The number of guanidine groups is 2. The number of halogens is 2. The van der Waals surface area contributed by atoms with E-state index in [-0.39, 0.29) is 25.0 Å². The van der Waals surface area contributed by atoms with Crippen molar-refractivity contribution in [2.75, 3.05) is 14.2 Å². The van der Waals surface area contributed by atoms with Gasteiger partial charge in [0.2, 0.25) is 22.2 Å². The molecular weight excluding hydrogens is 671 g/mol. The van der Waals surface area contributed by atoms with Crippen molar-refractivity contribution in [2.45, 2.75) is 26.9 Å². The number of hydrogen-bond donors (Lipinski definition) is 4. The van der Waals surface area contributed by atoms with E-state index in [2.05, 4.69) is 41.5 Å². The quantitative estimate of drug-likeness (QED) is 0.0797. The van der Waals surface area contributed by atoms with Crippen molar-refractivity contribution in [1.82, 2.24) is 31.6 Å². The van der Waals surface area contributed by atoms with Crippen LogP contribution < -0.4 is 31.1 Å². The van der Waals surface area contributed by atoms with Gasteiger partial charge in [-0.25, -0.2) is 28.3 Å². The molecule has 0 bridgehead atoms. The Hall–Kier alpha value is -5.62. The minimum atomic E-state index is -0.983. The van der Waals surface area contributed by atoms with Crippen molar-refractivity contribution in [1.29, 1.82) is 0 Å². The predicted molar refractivity (Wildman–Crippen MR) is 175 cm³/mol. The summed E-state index contributed by atoms with van der Waals surface area (Å²) in [6, 6.07) is 8.05. The molecule has 0 radical (unpaired) electrons. The van der Waals surface area contributed by atoms with E-state index in [9.17, 15) is 18.4 Å². The molecule has 0 saturated heterocycles. The van der Waals surface area contributed by atoms with Crippen LogP contribution in [0.2, 0.25) is 0 Å². The highest BCUT2D eigenvalue weighted by Gasteiger charge is 2.12. The number of nitrogens with zero attached hydrogens (tertiary/aromatic N) is 4. The minimum Gasteiger partial charge on any atom is -0.496 e. The molecule has 4 N–H and O–H groups in total. The standard InChI is InChI=1S/C30H30F2N8O6S2/c1-17-15-47-29(35-17)37-27(33-13-19-11-21(31)5-7-23(19)43-3)39-45-25(41)9-10-26(42)46-40-28(38-30-36-18(2)16-48-30)34-14-20-12-22(32)6-8-24(20)44-4/h5-12,15-16H,13-14H2,1-4H3,(H2,33,35,37,39)(H2,34,36,38,40)/b10-9+. The van der Waals surface area contributed by atoms with Crippen molar-refractivity contribution in [3.05, 3.63) is 93.5 Å². The summed E-state index contributed by atoms with van der Waals surface area (Å²) >= 11 is 2.49. The first-order valence-corrected chi connectivity index (χ1v) is 15.6. The molecule has 2 aromatic carbocycles. The molecule has 0 amide bonds. The van der Waals surface area contributed by atoms with Gasteiger partial charge in [-0.15, -0.1) is 22.7 Å². The van der Waals surface area contributed by atoms with Gasteiger partial charge in [-0.3, -0.25) is 0 Å². The smallest absolute Gasteiger partial charge is 0.356 e. The highest BCUT2D eigenvalue weighted by Crippen LogP contribution is 2.22. The monoisotopic (exact) mass is 700 g/mol. The fraction of sp³-hybridized carbons (Fsp3) is 0.200. The minimum absolute atomic E-state index is 0.0269. The number of carbonyl (C=O) groups is 2. The lowest BCUT2D eigenvalue weighted by Crippen LogP contribution is -2.38. The van der Waals surface area contributed by atoms with Crippen molar-refractivity contribution < 1.29 is 37.5 Å². The van der Waals surface area contributed by atoms with Gasteiger partial charge in [0.15, 0.2) is 0 Å². The van der Waals surface area contributed by atoms with E-state index in [0.717, 1.165) is 23.5 Å². The molecule has 4 rings (SSSR count). The molecule has 0 atom stereocenters. The van der Waals surface area contributed by atoms with Crippen LogP contribution in [0.4, 0.5) is 19.0 Å². The first kappa shape index (κ1) is 35.2. The van der Waals surface area contributed by atoms with Crippen LogP contribution in [0.3, 0.4) is 0 Å². The number of nitrogens with one attached hydrogen (secondary N) is 4. The Morgan fingerprint density at radius 2 is 1.17 bits per heavy atom. The third-order valence-electron chi connectivity index (χ3n) is 5.86. The average molecular weight is 701 g/mol. The zero-order valence-electron chi connectivity index (χ0n) is 26.0. The van der Waals surface area contributed by atoms with E-state index in [4.69, 9.17) is 19.1 Å². The number of thiazole rings is 2. The SMILES string of the molecule is COc1ccc(F)cc1CNC(=Nc1nc(C)cs1)NOC(=O)/C=C/C(=O)ONC(=Nc1nc(C)cs1)NCc1cc(F)ccc1OC. The Bertz CT molecular complexity index is 1700. The van der Waals surface area contributed by atoms with Crippen LogP contribution in [-0.4, -0.2) is 48.0 Å². The zero-order chi connectivity index (χ0) is 34.5. The van der Waals surface area contributed by atoms with Crippen LogP contribution in [0.25, 0.3) is 0 Å². The summed E-state index contributed by atoms with van der Waals surface area (Å²) < 4.78 is 38.2. The van der Waals surface area contributed by atoms with Gasteiger partial charge in [-0.1, -0.05) is 0 Å². The number of rotatable bonds is 10. The van der Waals surface area contributed by atoms with Gasteiger partial charge >= 0.3 is 11.9 Å². The maximum Gasteiger partial charge on any atom is 0.356 e. The van der Waals surface area contributed by atoms with Gasteiger partial charge in [0.25, 0.3) is 0 Å². The van der Waals surface area contributed by atoms with E-state index < -0.39 is 23.6 Å². The van der Waals surface area contributed by atoms with Gasteiger partial charge in [-0.2, -0.15) is 20.9 Å². The summed E-state index contributed by atoms with van der Waals surface area (Å²) in [7, 11) is 2.90. The van der Waals surface area contributed by atoms with E-state index >= 15 is 0 Å². The Morgan fingerprint density at radius 3 is 1.52 bits per heavy atom. The van der Waals surface area contributed by atoms with Crippen molar-refractivity contribution in [3.8, 4) is 11.5 Å². The molecular formula is C30H30F2N8O6S2. The summed E-state index contributed by atoms with van der Waals surface area (Å²) in [4.78, 5) is 51.9. The number of hydroxylamine groups is 2. The Balaban J connectivity index is 1.36. The molecule has 0 fully saturated rings. The van der Waals surface area contributed by atoms with E-state index in [1.54, 1.807) is 24.6 Å². The lowest BCUT2D eigenvalue weighted by molar-refractivity contribution is -0.144.